The third kappa shape index (κ3) is 6.57. The minimum Gasteiger partial charge on any atom is -0.433 e. The van der Waals surface area contributed by atoms with Crippen LogP contribution in [0.5, 0.6) is 5.75 Å². The van der Waals surface area contributed by atoms with E-state index in [2.05, 4.69) is 5.09 Å². The van der Waals surface area contributed by atoms with Gasteiger partial charge in [0.15, 0.2) is 0 Å². The van der Waals surface area contributed by atoms with Crippen molar-refractivity contribution in [3.8, 4) is 5.75 Å². The van der Waals surface area contributed by atoms with Crippen molar-refractivity contribution < 1.29 is 13.8 Å². The Morgan fingerprint density at radius 1 is 1.00 bits per heavy atom. The molecule has 0 saturated carbocycles. The van der Waals surface area contributed by atoms with E-state index in [1.807, 2.05) is 62.4 Å². The molecule has 2 aromatic carbocycles. The van der Waals surface area contributed by atoms with Crippen LogP contribution in [-0.2, 0) is 15.9 Å². The van der Waals surface area contributed by atoms with Crippen molar-refractivity contribution in [1.29, 1.82) is 0 Å². The summed E-state index contributed by atoms with van der Waals surface area (Å²) in [6.45, 7) is 4.78. The monoisotopic (exact) mass is 333 g/mol. The molecule has 23 heavy (non-hydrogen) atoms. The molecule has 0 fully saturated rings. The Balaban J connectivity index is 1.89. The standard InChI is InChI=1S/C18H24NO3P/c1-16(2)19-23(20,22-18-11-7-4-8-12-18)14-13-21-15-17-9-5-3-6-10-17/h3-12,16H,13-15H2,1-2H3,(H,19,20). The Morgan fingerprint density at radius 3 is 2.22 bits per heavy atom. The highest BCUT2D eigenvalue weighted by Gasteiger charge is 2.25. The number of ether oxygens (including phenoxy) is 1. The van der Waals surface area contributed by atoms with Gasteiger partial charge < -0.3 is 9.26 Å². The zero-order chi connectivity index (χ0) is 16.5. The Hall–Kier alpha value is -1.61. The van der Waals surface area contributed by atoms with Crippen molar-refractivity contribution in [3.05, 3.63) is 66.2 Å². The highest BCUT2D eigenvalue weighted by atomic mass is 31.2. The Kier molecular flexibility index (Phi) is 6.85. The van der Waals surface area contributed by atoms with E-state index in [9.17, 15) is 4.57 Å². The number of nitrogens with one attached hydrogen (secondary N) is 1. The van der Waals surface area contributed by atoms with Crippen molar-refractivity contribution in [3.63, 3.8) is 0 Å². The van der Waals surface area contributed by atoms with Gasteiger partial charge in [-0.25, -0.2) is 5.09 Å². The molecule has 0 bridgehead atoms. The van der Waals surface area contributed by atoms with Gasteiger partial charge in [0.25, 0.3) is 0 Å². The minimum atomic E-state index is -2.99. The molecule has 0 amide bonds. The molecule has 0 aliphatic heterocycles. The first-order chi connectivity index (χ1) is 11.1. The van der Waals surface area contributed by atoms with E-state index in [1.165, 1.54) is 0 Å². The lowest BCUT2D eigenvalue weighted by Crippen LogP contribution is -2.25. The summed E-state index contributed by atoms with van der Waals surface area (Å²) in [6, 6.07) is 19.2. The fraction of sp³-hybridized carbons (Fsp3) is 0.333. The summed E-state index contributed by atoms with van der Waals surface area (Å²) in [5.41, 5.74) is 1.10. The maximum absolute atomic E-state index is 13.0. The summed E-state index contributed by atoms with van der Waals surface area (Å²) >= 11 is 0. The van der Waals surface area contributed by atoms with Crippen molar-refractivity contribution in [1.82, 2.24) is 5.09 Å². The molecular formula is C18H24NO3P. The van der Waals surface area contributed by atoms with Gasteiger partial charge in [0.05, 0.1) is 19.4 Å². The summed E-state index contributed by atoms with van der Waals surface area (Å²) in [6.07, 6.45) is 0.326. The van der Waals surface area contributed by atoms with Crippen LogP contribution in [0.3, 0.4) is 0 Å². The molecule has 2 aromatic rings. The third-order valence-electron chi connectivity index (χ3n) is 3.09. The molecule has 0 aliphatic rings. The summed E-state index contributed by atoms with van der Waals surface area (Å²) in [4.78, 5) is 0. The summed E-state index contributed by atoms with van der Waals surface area (Å²) in [7, 11) is -2.99. The van der Waals surface area contributed by atoms with Crippen LogP contribution in [-0.4, -0.2) is 18.8 Å². The first-order valence-corrected chi connectivity index (χ1v) is 9.61. The normalized spacial score (nSPS) is 13.7. The van der Waals surface area contributed by atoms with Crippen molar-refractivity contribution in [2.24, 2.45) is 0 Å². The van der Waals surface area contributed by atoms with Gasteiger partial charge in [-0.2, -0.15) is 0 Å². The third-order valence-corrected chi connectivity index (χ3v) is 5.28. The quantitative estimate of drug-likeness (QED) is 0.543. The van der Waals surface area contributed by atoms with Crippen LogP contribution >= 0.6 is 7.52 Å². The first-order valence-electron chi connectivity index (χ1n) is 7.80. The van der Waals surface area contributed by atoms with Gasteiger partial charge in [0, 0.05) is 6.04 Å². The summed E-state index contributed by atoms with van der Waals surface area (Å²) < 4.78 is 24.4. The molecule has 0 spiro atoms. The van der Waals surface area contributed by atoms with Gasteiger partial charge in [-0.1, -0.05) is 48.5 Å². The van der Waals surface area contributed by atoms with E-state index < -0.39 is 7.52 Å². The van der Waals surface area contributed by atoms with E-state index in [0.717, 1.165) is 5.56 Å². The predicted octanol–water partition coefficient (Wildman–Crippen LogP) is 4.47. The van der Waals surface area contributed by atoms with E-state index in [4.69, 9.17) is 9.26 Å². The number of rotatable bonds is 9. The average Bonchev–Trinajstić information content (AvgIpc) is 2.53. The van der Waals surface area contributed by atoms with Crippen LogP contribution < -0.4 is 9.61 Å². The maximum Gasteiger partial charge on any atom is 0.319 e. The second-order valence-electron chi connectivity index (χ2n) is 5.62. The van der Waals surface area contributed by atoms with Gasteiger partial charge in [0.1, 0.15) is 5.75 Å². The van der Waals surface area contributed by atoms with E-state index in [-0.39, 0.29) is 6.04 Å². The first kappa shape index (κ1) is 17.7. The van der Waals surface area contributed by atoms with Crippen LogP contribution in [0.15, 0.2) is 60.7 Å². The molecule has 0 heterocycles. The fourth-order valence-corrected chi connectivity index (χ4v) is 4.02. The van der Waals surface area contributed by atoms with Crippen LogP contribution in [0.2, 0.25) is 0 Å². The number of para-hydroxylation sites is 1. The number of hydrogen-bond acceptors (Lipinski definition) is 3. The molecule has 0 radical (unpaired) electrons. The molecule has 1 atom stereocenters. The Bertz CT molecular complexity index is 617. The van der Waals surface area contributed by atoms with E-state index >= 15 is 0 Å². The molecule has 124 valence electrons. The lowest BCUT2D eigenvalue weighted by molar-refractivity contribution is 0.134. The minimum absolute atomic E-state index is 0.0682. The number of hydrogen-bond donors (Lipinski definition) is 1. The van der Waals surface area contributed by atoms with Crippen molar-refractivity contribution in [2.75, 3.05) is 12.8 Å². The lowest BCUT2D eigenvalue weighted by atomic mass is 10.2. The van der Waals surface area contributed by atoms with Crippen molar-refractivity contribution >= 4 is 7.52 Å². The maximum atomic E-state index is 13.0. The topological polar surface area (TPSA) is 47.6 Å². The smallest absolute Gasteiger partial charge is 0.319 e. The Morgan fingerprint density at radius 2 is 1.61 bits per heavy atom. The van der Waals surface area contributed by atoms with Gasteiger partial charge in [-0.05, 0) is 31.5 Å². The molecule has 5 heteroatoms. The highest BCUT2D eigenvalue weighted by molar-refractivity contribution is 7.57. The van der Waals surface area contributed by atoms with E-state index in [1.54, 1.807) is 12.1 Å². The molecule has 0 aromatic heterocycles. The lowest BCUT2D eigenvalue weighted by Gasteiger charge is -2.22. The largest absolute Gasteiger partial charge is 0.433 e. The second kappa shape index (κ2) is 8.88. The van der Waals surface area contributed by atoms with Gasteiger partial charge in [0.2, 0.25) is 0 Å². The SMILES string of the molecule is CC(C)NP(=O)(CCOCc1ccccc1)Oc1ccccc1. The Labute approximate surface area is 138 Å². The zero-order valence-electron chi connectivity index (χ0n) is 13.6. The van der Waals surface area contributed by atoms with Crippen LogP contribution in [0.25, 0.3) is 0 Å². The molecule has 0 aliphatic carbocycles. The summed E-state index contributed by atoms with van der Waals surface area (Å²) in [5, 5.41) is 3.06. The van der Waals surface area contributed by atoms with Gasteiger partial charge in [-0.3, -0.25) is 4.57 Å². The molecule has 4 nitrogen and oxygen atoms in total. The van der Waals surface area contributed by atoms with Crippen LogP contribution in [0, 0.1) is 0 Å². The predicted molar refractivity (Wildman–Crippen MR) is 93.9 cm³/mol. The van der Waals surface area contributed by atoms with Gasteiger partial charge in [-0.15, -0.1) is 0 Å². The van der Waals surface area contributed by atoms with Crippen LogP contribution in [0.1, 0.15) is 19.4 Å². The fourth-order valence-electron chi connectivity index (χ4n) is 2.13. The molecule has 0 saturated heterocycles. The zero-order valence-corrected chi connectivity index (χ0v) is 14.5. The summed E-state index contributed by atoms with van der Waals surface area (Å²) in [5.74, 6) is 0.604. The molecule has 1 N–H and O–H groups in total. The molecule has 1 unspecified atom stereocenters. The molecule has 2 rings (SSSR count). The average molecular weight is 333 g/mol. The van der Waals surface area contributed by atoms with Crippen LogP contribution in [0.4, 0.5) is 0 Å². The second-order valence-corrected chi connectivity index (χ2v) is 7.86. The van der Waals surface area contributed by atoms with Crippen molar-refractivity contribution in [2.45, 2.75) is 26.5 Å². The number of benzene rings is 2. The molecular weight excluding hydrogens is 309 g/mol. The van der Waals surface area contributed by atoms with E-state index in [0.29, 0.717) is 25.1 Å². The highest BCUT2D eigenvalue weighted by Crippen LogP contribution is 2.43. The van der Waals surface area contributed by atoms with Gasteiger partial charge >= 0.3 is 7.52 Å².